The molecule has 0 aromatic heterocycles. The van der Waals surface area contributed by atoms with E-state index in [-0.39, 0.29) is 17.1 Å². The topological polar surface area (TPSA) is 77.8 Å². The quantitative estimate of drug-likeness (QED) is 0.289. The van der Waals surface area contributed by atoms with Crippen molar-refractivity contribution < 1.29 is 19.8 Å². The van der Waals surface area contributed by atoms with E-state index in [1.807, 2.05) is 55.5 Å². The maximum Gasteiger partial charge on any atom is 0.339 e. The number of nitrogens with zero attached hydrogens (tertiary/aromatic N) is 1. The Morgan fingerprint density at radius 2 is 1.32 bits per heavy atom. The fraction of sp³-hybridized carbons (Fsp3) is 0.250. The molecule has 0 spiro atoms. The average molecular weight is 498 g/mol. The average Bonchev–Trinajstić information content (AvgIpc) is 2.92. The predicted octanol–water partition coefficient (Wildman–Crippen LogP) is 6.54. The number of ketones is 1. The van der Waals surface area contributed by atoms with Gasteiger partial charge in [0.2, 0.25) is 0 Å². The first-order valence-corrected chi connectivity index (χ1v) is 12.5. The fourth-order valence-corrected chi connectivity index (χ4v) is 4.64. The van der Waals surface area contributed by atoms with Gasteiger partial charge in [0, 0.05) is 17.8 Å². The van der Waals surface area contributed by atoms with Gasteiger partial charge in [0.05, 0.1) is 5.41 Å². The lowest BCUT2D eigenvalue weighted by atomic mass is 9.67. The number of fused-ring (bicyclic) bond motifs is 1. The monoisotopic (exact) mass is 497 g/mol. The molecular formula is C32H35NO4. The van der Waals surface area contributed by atoms with Gasteiger partial charge in [0.15, 0.2) is 0 Å². The third-order valence-electron chi connectivity index (χ3n) is 6.94. The first-order valence-electron chi connectivity index (χ1n) is 12.5. The maximum absolute atomic E-state index is 13.2. The Morgan fingerprint density at radius 1 is 0.811 bits per heavy atom. The highest BCUT2D eigenvalue weighted by Gasteiger charge is 2.41. The molecule has 0 aliphatic heterocycles. The van der Waals surface area contributed by atoms with E-state index in [1.54, 1.807) is 18.2 Å². The number of hydrogen-bond donors (Lipinski definition) is 2. The van der Waals surface area contributed by atoms with Crippen LogP contribution in [0.2, 0.25) is 0 Å². The number of aromatic hydroxyl groups is 1. The summed E-state index contributed by atoms with van der Waals surface area (Å²) in [5, 5.41) is 19.8. The van der Waals surface area contributed by atoms with Crippen molar-refractivity contribution >= 4 is 22.5 Å². The lowest BCUT2D eigenvalue weighted by molar-refractivity contribution is -0.123. The third kappa shape index (κ3) is 6.07. The van der Waals surface area contributed by atoms with Crippen LogP contribution in [0, 0.1) is 0 Å². The SMILES string of the molecule is CCC(=O)C(CC(C)N(C)C)(c1ccccc1)c1ccccc1.O=C(O)c1ccc2ccccc2c1O. The largest absolute Gasteiger partial charge is 0.506 e. The summed E-state index contributed by atoms with van der Waals surface area (Å²) in [4.78, 5) is 26.1. The summed E-state index contributed by atoms with van der Waals surface area (Å²) in [6.45, 7) is 4.15. The van der Waals surface area contributed by atoms with Crippen molar-refractivity contribution in [3.05, 3.63) is 114 Å². The van der Waals surface area contributed by atoms with Crippen molar-refractivity contribution in [2.75, 3.05) is 14.1 Å². The Hall–Kier alpha value is -3.96. The van der Waals surface area contributed by atoms with Gasteiger partial charge in [-0.05, 0) is 50.0 Å². The summed E-state index contributed by atoms with van der Waals surface area (Å²) < 4.78 is 0. The smallest absolute Gasteiger partial charge is 0.339 e. The van der Waals surface area contributed by atoms with Gasteiger partial charge >= 0.3 is 5.97 Å². The van der Waals surface area contributed by atoms with E-state index in [1.165, 1.54) is 6.07 Å². The van der Waals surface area contributed by atoms with Gasteiger partial charge in [-0.25, -0.2) is 4.79 Å². The van der Waals surface area contributed by atoms with Crippen molar-refractivity contribution in [3.63, 3.8) is 0 Å². The molecule has 4 aromatic rings. The summed E-state index contributed by atoms with van der Waals surface area (Å²) in [5.74, 6) is -1.01. The maximum atomic E-state index is 13.2. The number of benzene rings is 4. The van der Waals surface area contributed by atoms with E-state index in [0.29, 0.717) is 17.8 Å². The Morgan fingerprint density at radius 3 is 1.81 bits per heavy atom. The number of rotatable bonds is 8. The third-order valence-corrected chi connectivity index (χ3v) is 6.94. The van der Waals surface area contributed by atoms with Crippen molar-refractivity contribution in [3.8, 4) is 5.75 Å². The minimum Gasteiger partial charge on any atom is -0.506 e. The number of Topliss-reactive ketones (excluding diaryl/α,β-unsaturated/α-hetero) is 1. The standard InChI is InChI=1S/C21H27NO.C11H8O3/c1-5-20(23)21(16-17(2)22(3)4,18-12-8-6-9-13-18)19-14-10-7-11-15-19;12-10-8-4-2-1-3-7(8)5-6-9(10)11(13)14/h6-15,17H,5,16H2,1-4H3;1-6,12H,(H,13,14). The molecule has 0 saturated carbocycles. The summed E-state index contributed by atoms with van der Waals surface area (Å²) in [5.41, 5.74) is 1.53. The molecule has 192 valence electrons. The zero-order valence-corrected chi connectivity index (χ0v) is 21.9. The van der Waals surface area contributed by atoms with Gasteiger partial charge in [0.1, 0.15) is 17.1 Å². The van der Waals surface area contributed by atoms with Crippen molar-refractivity contribution in [2.45, 2.75) is 38.1 Å². The molecule has 37 heavy (non-hydrogen) atoms. The first-order chi connectivity index (χ1) is 17.7. The van der Waals surface area contributed by atoms with Gasteiger partial charge in [-0.1, -0.05) is 97.9 Å². The lowest BCUT2D eigenvalue weighted by Crippen LogP contribution is -2.42. The highest BCUT2D eigenvalue weighted by molar-refractivity contribution is 6.00. The fourth-order valence-electron chi connectivity index (χ4n) is 4.64. The zero-order valence-electron chi connectivity index (χ0n) is 21.9. The Bertz CT molecular complexity index is 1290. The van der Waals surface area contributed by atoms with Crippen molar-refractivity contribution in [2.24, 2.45) is 0 Å². The number of carboxylic acid groups (broad SMARTS) is 1. The summed E-state index contributed by atoms with van der Waals surface area (Å²) in [6.07, 6.45) is 1.31. The van der Waals surface area contributed by atoms with E-state index >= 15 is 0 Å². The Kier molecular flexibility index (Phi) is 9.20. The minimum atomic E-state index is -1.12. The molecule has 2 N–H and O–H groups in total. The van der Waals surface area contributed by atoms with Crippen LogP contribution in [0.25, 0.3) is 10.8 Å². The van der Waals surface area contributed by atoms with Gasteiger partial charge in [-0.2, -0.15) is 0 Å². The number of carbonyl (C=O) groups is 2. The van der Waals surface area contributed by atoms with Crippen LogP contribution in [0.4, 0.5) is 0 Å². The second-order valence-corrected chi connectivity index (χ2v) is 9.42. The molecule has 4 aromatic carbocycles. The van der Waals surface area contributed by atoms with E-state index in [4.69, 9.17) is 5.11 Å². The number of hydrogen-bond acceptors (Lipinski definition) is 4. The molecule has 0 aliphatic carbocycles. The molecule has 4 rings (SSSR count). The van der Waals surface area contributed by atoms with Crippen LogP contribution < -0.4 is 0 Å². The highest BCUT2D eigenvalue weighted by atomic mass is 16.4. The van der Waals surface area contributed by atoms with Gasteiger partial charge < -0.3 is 15.1 Å². The minimum absolute atomic E-state index is 0.0660. The number of carbonyl (C=O) groups excluding carboxylic acids is 1. The van der Waals surface area contributed by atoms with Crippen LogP contribution in [0.5, 0.6) is 5.75 Å². The van der Waals surface area contributed by atoms with Gasteiger partial charge in [0.25, 0.3) is 0 Å². The number of phenols is 1. The van der Waals surface area contributed by atoms with E-state index in [0.717, 1.165) is 22.9 Å². The molecule has 0 fully saturated rings. The number of carboxylic acids is 1. The summed E-state index contributed by atoms with van der Waals surface area (Å²) in [6, 6.07) is 30.9. The van der Waals surface area contributed by atoms with Crippen LogP contribution in [-0.4, -0.2) is 47.0 Å². The molecule has 0 bridgehead atoms. The van der Waals surface area contributed by atoms with Crippen molar-refractivity contribution in [1.29, 1.82) is 0 Å². The Labute approximate surface area is 219 Å². The van der Waals surface area contributed by atoms with Crippen LogP contribution in [0.3, 0.4) is 0 Å². The van der Waals surface area contributed by atoms with Crippen LogP contribution in [-0.2, 0) is 10.2 Å². The molecule has 0 saturated heterocycles. The molecule has 0 amide bonds. The molecular weight excluding hydrogens is 462 g/mol. The van der Waals surface area contributed by atoms with Crippen LogP contribution in [0.15, 0.2) is 97.1 Å². The molecule has 0 radical (unpaired) electrons. The summed E-state index contributed by atoms with van der Waals surface area (Å²) >= 11 is 0. The Balaban J connectivity index is 0.000000231. The molecule has 0 aliphatic rings. The molecule has 1 unspecified atom stereocenters. The predicted molar refractivity (Wildman–Crippen MR) is 149 cm³/mol. The second kappa shape index (κ2) is 12.3. The first kappa shape index (κ1) is 27.6. The lowest BCUT2D eigenvalue weighted by Gasteiger charge is -2.37. The normalized spacial score (nSPS) is 12.0. The highest BCUT2D eigenvalue weighted by Crippen LogP contribution is 2.39. The molecule has 1 atom stereocenters. The van der Waals surface area contributed by atoms with Gasteiger partial charge in [-0.15, -0.1) is 0 Å². The number of aromatic carboxylic acids is 1. The van der Waals surface area contributed by atoms with Crippen LogP contribution in [0.1, 0.15) is 48.2 Å². The molecule has 5 nitrogen and oxygen atoms in total. The van der Waals surface area contributed by atoms with Crippen LogP contribution >= 0.6 is 0 Å². The van der Waals surface area contributed by atoms with E-state index in [2.05, 4.69) is 50.2 Å². The molecule has 5 heteroatoms. The molecule has 0 heterocycles. The second-order valence-electron chi connectivity index (χ2n) is 9.42. The zero-order chi connectivity index (χ0) is 27.0. The summed E-state index contributed by atoms with van der Waals surface area (Å²) in [7, 11) is 4.14. The van der Waals surface area contributed by atoms with Crippen molar-refractivity contribution in [1.82, 2.24) is 4.90 Å². The van der Waals surface area contributed by atoms with E-state index < -0.39 is 11.4 Å². The van der Waals surface area contributed by atoms with Gasteiger partial charge in [-0.3, -0.25) is 4.79 Å². The van der Waals surface area contributed by atoms with E-state index in [9.17, 15) is 14.7 Å².